The quantitative estimate of drug-likeness (QED) is 0.920. The molecule has 2 aromatic rings. The first-order valence-electron chi connectivity index (χ1n) is 7.76. The van der Waals surface area contributed by atoms with E-state index in [0.717, 1.165) is 5.56 Å². The molecule has 2 aromatic carbocycles. The Labute approximate surface area is 138 Å². The van der Waals surface area contributed by atoms with Gasteiger partial charge >= 0.3 is 0 Å². The lowest BCUT2D eigenvalue weighted by Crippen LogP contribution is -2.31. The molecule has 1 N–H and O–H groups in total. The molecule has 0 spiro atoms. The van der Waals surface area contributed by atoms with Gasteiger partial charge in [-0.05, 0) is 42.3 Å². The zero-order chi connectivity index (χ0) is 16.7. The highest BCUT2D eigenvalue weighted by Gasteiger charge is 2.36. The van der Waals surface area contributed by atoms with Gasteiger partial charge in [-0.25, -0.2) is 4.39 Å². The number of fused-ring (bicyclic) bond motifs is 1. The zero-order valence-electron chi connectivity index (χ0n) is 12.8. The van der Waals surface area contributed by atoms with Gasteiger partial charge in [0.2, 0.25) is 6.79 Å². The molecule has 2 aliphatic heterocycles. The fraction of sp³-hybridized carbons (Fsp3) is 0.278. The Hall–Kier alpha value is -2.60. The lowest BCUT2D eigenvalue weighted by molar-refractivity contribution is 0.0715. The van der Waals surface area contributed by atoms with Gasteiger partial charge in [-0.1, -0.05) is 12.1 Å². The van der Waals surface area contributed by atoms with Crippen LogP contribution < -0.4 is 9.47 Å². The summed E-state index contributed by atoms with van der Waals surface area (Å²) in [6, 6.07) is 10.8. The highest BCUT2D eigenvalue weighted by atomic mass is 19.1. The SMILES string of the molecule is O=C(c1ccc2c(c1)OCO2)N1C[C@H](O)C[C@H]1c1ccc(F)cc1. The van der Waals surface area contributed by atoms with Crippen LogP contribution in [0.1, 0.15) is 28.4 Å². The molecule has 0 saturated carbocycles. The number of carbonyl (C=O) groups excluding carboxylic acids is 1. The summed E-state index contributed by atoms with van der Waals surface area (Å²) in [6.07, 6.45) is -0.167. The average molecular weight is 329 g/mol. The number of nitrogens with zero attached hydrogens (tertiary/aromatic N) is 1. The Kier molecular flexibility index (Phi) is 3.61. The highest BCUT2D eigenvalue weighted by Crippen LogP contribution is 2.36. The van der Waals surface area contributed by atoms with Crippen LogP contribution in [0.3, 0.4) is 0 Å². The van der Waals surface area contributed by atoms with Crippen molar-refractivity contribution in [1.82, 2.24) is 4.90 Å². The van der Waals surface area contributed by atoms with E-state index in [1.165, 1.54) is 12.1 Å². The van der Waals surface area contributed by atoms with Gasteiger partial charge in [-0.15, -0.1) is 0 Å². The lowest BCUT2D eigenvalue weighted by Gasteiger charge is -2.25. The third kappa shape index (κ3) is 2.59. The van der Waals surface area contributed by atoms with Gasteiger partial charge in [0.25, 0.3) is 5.91 Å². The van der Waals surface area contributed by atoms with Crippen LogP contribution in [0.4, 0.5) is 4.39 Å². The van der Waals surface area contributed by atoms with E-state index < -0.39 is 6.10 Å². The molecule has 4 rings (SSSR count). The molecule has 0 aromatic heterocycles. The number of β-amino-alcohol motifs (C(OH)–C–C–N with tert-alkyl or cyclic N) is 1. The summed E-state index contributed by atoms with van der Waals surface area (Å²) in [7, 11) is 0. The molecule has 6 heteroatoms. The van der Waals surface area contributed by atoms with Crippen LogP contribution in [0, 0.1) is 5.82 Å². The molecule has 124 valence electrons. The largest absolute Gasteiger partial charge is 0.454 e. The summed E-state index contributed by atoms with van der Waals surface area (Å²) in [4.78, 5) is 14.5. The number of likely N-dealkylation sites (tertiary alicyclic amines) is 1. The first kappa shape index (κ1) is 15.0. The summed E-state index contributed by atoms with van der Waals surface area (Å²) in [6.45, 7) is 0.392. The molecule has 2 atom stereocenters. The van der Waals surface area contributed by atoms with Gasteiger partial charge in [0.05, 0.1) is 12.1 Å². The summed E-state index contributed by atoms with van der Waals surface area (Å²) in [5.74, 6) is 0.632. The Morgan fingerprint density at radius 3 is 2.67 bits per heavy atom. The maximum absolute atomic E-state index is 13.1. The van der Waals surface area contributed by atoms with Gasteiger partial charge in [0.15, 0.2) is 11.5 Å². The lowest BCUT2D eigenvalue weighted by atomic mass is 10.0. The predicted molar refractivity (Wildman–Crippen MR) is 83.4 cm³/mol. The minimum atomic E-state index is -0.599. The van der Waals surface area contributed by atoms with Crippen LogP contribution in [0.2, 0.25) is 0 Å². The van der Waals surface area contributed by atoms with Crippen molar-refractivity contribution in [1.29, 1.82) is 0 Å². The van der Waals surface area contributed by atoms with Crippen molar-refractivity contribution in [3.63, 3.8) is 0 Å². The molecule has 0 unspecified atom stereocenters. The number of halogens is 1. The first-order chi connectivity index (χ1) is 11.6. The Morgan fingerprint density at radius 1 is 1.12 bits per heavy atom. The molecular weight excluding hydrogens is 313 g/mol. The second-order valence-electron chi connectivity index (χ2n) is 5.98. The second-order valence-corrected chi connectivity index (χ2v) is 5.98. The van der Waals surface area contributed by atoms with Crippen LogP contribution in [0.25, 0.3) is 0 Å². The third-order valence-corrected chi connectivity index (χ3v) is 4.41. The maximum atomic E-state index is 13.1. The van der Waals surface area contributed by atoms with Crippen LogP contribution in [-0.2, 0) is 0 Å². The third-order valence-electron chi connectivity index (χ3n) is 4.41. The maximum Gasteiger partial charge on any atom is 0.254 e. The van der Waals surface area contributed by atoms with Gasteiger partial charge in [0.1, 0.15) is 5.82 Å². The minimum Gasteiger partial charge on any atom is -0.454 e. The smallest absolute Gasteiger partial charge is 0.254 e. The molecule has 2 heterocycles. The van der Waals surface area contributed by atoms with E-state index in [4.69, 9.17) is 9.47 Å². The molecule has 5 nitrogen and oxygen atoms in total. The molecule has 0 bridgehead atoms. The molecular formula is C18H16FNO4. The summed E-state index contributed by atoms with van der Waals surface area (Å²) < 4.78 is 23.7. The molecule has 0 aliphatic carbocycles. The van der Waals surface area contributed by atoms with Gasteiger partial charge < -0.3 is 19.5 Å². The summed E-state index contributed by atoms with van der Waals surface area (Å²) >= 11 is 0. The topological polar surface area (TPSA) is 59.0 Å². The van der Waals surface area contributed by atoms with Crippen molar-refractivity contribution >= 4 is 5.91 Å². The minimum absolute atomic E-state index is 0.146. The van der Waals surface area contributed by atoms with E-state index in [-0.39, 0.29) is 31.1 Å². The van der Waals surface area contributed by atoms with E-state index in [1.54, 1.807) is 35.2 Å². The number of ether oxygens (including phenoxy) is 2. The molecule has 24 heavy (non-hydrogen) atoms. The van der Waals surface area contributed by atoms with Crippen LogP contribution in [0.15, 0.2) is 42.5 Å². The monoisotopic (exact) mass is 329 g/mol. The van der Waals surface area contributed by atoms with Gasteiger partial charge in [-0.3, -0.25) is 4.79 Å². The van der Waals surface area contributed by atoms with Crippen molar-refractivity contribution in [2.45, 2.75) is 18.6 Å². The van der Waals surface area contributed by atoms with Gasteiger partial charge in [-0.2, -0.15) is 0 Å². The van der Waals surface area contributed by atoms with Crippen molar-refractivity contribution in [3.8, 4) is 11.5 Å². The molecule has 1 amide bonds. The normalized spacial score (nSPS) is 22.0. The molecule has 0 radical (unpaired) electrons. The first-order valence-corrected chi connectivity index (χ1v) is 7.76. The fourth-order valence-electron chi connectivity index (χ4n) is 3.23. The number of aliphatic hydroxyl groups excluding tert-OH is 1. The van der Waals surface area contributed by atoms with Crippen molar-refractivity contribution in [2.24, 2.45) is 0 Å². The van der Waals surface area contributed by atoms with E-state index in [1.807, 2.05) is 0 Å². The number of rotatable bonds is 2. The Balaban J connectivity index is 1.63. The van der Waals surface area contributed by atoms with E-state index in [9.17, 15) is 14.3 Å². The zero-order valence-corrected chi connectivity index (χ0v) is 12.8. The average Bonchev–Trinajstić information content (AvgIpc) is 3.20. The second kappa shape index (κ2) is 5.79. The van der Waals surface area contributed by atoms with Crippen molar-refractivity contribution in [3.05, 3.63) is 59.4 Å². The number of aliphatic hydroxyl groups is 1. The van der Waals surface area contributed by atoms with Crippen LogP contribution in [-0.4, -0.2) is 35.4 Å². The van der Waals surface area contributed by atoms with Crippen LogP contribution in [0.5, 0.6) is 11.5 Å². The molecule has 2 aliphatic rings. The van der Waals surface area contributed by atoms with Gasteiger partial charge in [0, 0.05) is 12.1 Å². The Bertz CT molecular complexity index is 777. The summed E-state index contributed by atoms with van der Waals surface area (Å²) in [5.41, 5.74) is 1.28. The number of benzene rings is 2. The van der Waals surface area contributed by atoms with E-state index >= 15 is 0 Å². The van der Waals surface area contributed by atoms with Crippen LogP contribution >= 0.6 is 0 Å². The van der Waals surface area contributed by atoms with E-state index in [2.05, 4.69) is 0 Å². The summed E-state index contributed by atoms with van der Waals surface area (Å²) in [5, 5.41) is 10.0. The molecule has 1 saturated heterocycles. The number of carbonyl (C=O) groups is 1. The number of amides is 1. The fourth-order valence-corrected chi connectivity index (χ4v) is 3.23. The van der Waals surface area contributed by atoms with Crippen molar-refractivity contribution in [2.75, 3.05) is 13.3 Å². The molecule has 1 fully saturated rings. The van der Waals surface area contributed by atoms with Crippen molar-refractivity contribution < 1.29 is 23.8 Å². The standard InChI is InChI=1S/C18H16FNO4/c19-13-4-1-11(2-5-13)15-8-14(21)9-20(15)18(22)12-3-6-16-17(7-12)24-10-23-16/h1-7,14-15,21H,8-10H2/t14-,15+/m1/s1. The number of hydrogen-bond acceptors (Lipinski definition) is 4. The predicted octanol–water partition coefficient (Wildman–Crippen LogP) is 2.50. The number of hydrogen-bond donors (Lipinski definition) is 1. The Morgan fingerprint density at radius 2 is 1.88 bits per heavy atom. The van der Waals surface area contributed by atoms with E-state index in [0.29, 0.717) is 23.5 Å². The highest BCUT2D eigenvalue weighted by molar-refractivity contribution is 5.95.